The zero-order valence-electron chi connectivity index (χ0n) is 11.9. The highest BCUT2D eigenvalue weighted by molar-refractivity contribution is 5.91. The summed E-state index contributed by atoms with van der Waals surface area (Å²) < 4.78 is 0. The van der Waals surface area contributed by atoms with Crippen LogP contribution >= 0.6 is 0 Å². The Labute approximate surface area is 117 Å². The molecule has 0 saturated heterocycles. The van der Waals surface area contributed by atoms with Crippen LogP contribution in [0.5, 0.6) is 0 Å². The molecule has 2 aromatic rings. The van der Waals surface area contributed by atoms with Gasteiger partial charge >= 0.3 is 0 Å². The number of hydrogen-bond donors (Lipinski definition) is 3. The van der Waals surface area contributed by atoms with Crippen molar-refractivity contribution in [2.45, 2.75) is 26.3 Å². The number of nitrogens with one attached hydrogen (secondary N) is 2. The summed E-state index contributed by atoms with van der Waals surface area (Å²) in [5, 5.41) is 6.72. The second-order valence-electron chi connectivity index (χ2n) is 5.60. The van der Waals surface area contributed by atoms with E-state index in [2.05, 4.69) is 20.6 Å². The Morgan fingerprint density at radius 3 is 2.65 bits per heavy atom. The summed E-state index contributed by atoms with van der Waals surface area (Å²) in [5.41, 5.74) is 6.16. The summed E-state index contributed by atoms with van der Waals surface area (Å²) in [4.78, 5) is 20.1. The molecule has 0 saturated carbocycles. The first-order valence-electron chi connectivity index (χ1n) is 6.42. The number of nitrogen functional groups attached to an aromatic ring is 1. The summed E-state index contributed by atoms with van der Waals surface area (Å²) >= 11 is 0. The number of nitrogens with two attached hydrogens (primary N) is 1. The smallest absolute Gasteiger partial charge is 0.239 e. The van der Waals surface area contributed by atoms with Crippen LogP contribution in [0.3, 0.4) is 0 Å². The number of anilines is 2. The molecule has 0 aliphatic rings. The first-order chi connectivity index (χ1) is 9.35. The molecule has 6 heteroatoms. The van der Waals surface area contributed by atoms with Gasteiger partial charge in [0.2, 0.25) is 11.9 Å². The van der Waals surface area contributed by atoms with Gasteiger partial charge in [-0.1, -0.05) is 12.1 Å². The van der Waals surface area contributed by atoms with E-state index in [0.717, 1.165) is 10.9 Å². The number of carbonyl (C=O) groups excluding carboxylic acids is 1. The molecule has 0 aliphatic carbocycles. The van der Waals surface area contributed by atoms with E-state index in [-0.39, 0.29) is 23.9 Å². The Morgan fingerprint density at radius 1 is 1.25 bits per heavy atom. The lowest BCUT2D eigenvalue weighted by Gasteiger charge is -2.20. The van der Waals surface area contributed by atoms with Crippen LogP contribution in [0, 0.1) is 0 Å². The molecule has 1 amide bonds. The molecule has 0 fully saturated rings. The van der Waals surface area contributed by atoms with Crippen LogP contribution in [0.1, 0.15) is 20.8 Å². The fourth-order valence-electron chi connectivity index (χ4n) is 1.86. The lowest BCUT2D eigenvalue weighted by Crippen LogP contribution is -2.43. The second-order valence-corrected chi connectivity index (χ2v) is 5.60. The van der Waals surface area contributed by atoms with E-state index >= 15 is 0 Å². The molecular formula is C14H19N5O. The number of fused-ring (bicyclic) bond motifs is 1. The summed E-state index contributed by atoms with van der Waals surface area (Å²) in [7, 11) is 0. The Balaban J connectivity index is 2.16. The minimum atomic E-state index is -0.258. The van der Waals surface area contributed by atoms with E-state index in [1.54, 1.807) is 0 Å². The standard InChI is InChI=1S/C14H19N5O/c1-14(2,3)19-11(20)8-16-12-9-6-4-5-7-10(9)17-13(15)18-12/h4-7H,8H2,1-3H3,(H,19,20)(H3,15,16,17,18). The SMILES string of the molecule is CC(C)(C)NC(=O)CNc1nc(N)nc2ccccc12. The highest BCUT2D eigenvalue weighted by atomic mass is 16.2. The highest BCUT2D eigenvalue weighted by Crippen LogP contribution is 2.20. The first kappa shape index (κ1) is 14.0. The average Bonchev–Trinajstić information content (AvgIpc) is 2.33. The molecule has 0 bridgehead atoms. The minimum Gasteiger partial charge on any atom is -0.368 e. The van der Waals surface area contributed by atoms with E-state index in [0.29, 0.717) is 5.82 Å². The van der Waals surface area contributed by atoms with Crippen LogP contribution in [-0.2, 0) is 4.79 Å². The molecule has 2 rings (SSSR count). The second kappa shape index (κ2) is 5.32. The number of benzene rings is 1. The molecule has 20 heavy (non-hydrogen) atoms. The van der Waals surface area contributed by atoms with E-state index in [4.69, 9.17) is 5.73 Å². The summed E-state index contributed by atoms with van der Waals surface area (Å²) in [6, 6.07) is 7.51. The maximum atomic E-state index is 11.8. The summed E-state index contributed by atoms with van der Waals surface area (Å²) in [6.07, 6.45) is 0. The molecule has 106 valence electrons. The van der Waals surface area contributed by atoms with Crippen molar-refractivity contribution in [2.75, 3.05) is 17.6 Å². The van der Waals surface area contributed by atoms with Crippen LogP contribution in [0.25, 0.3) is 10.9 Å². The van der Waals surface area contributed by atoms with E-state index in [9.17, 15) is 4.79 Å². The fourth-order valence-corrected chi connectivity index (χ4v) is 1.86. The van der Waals surface area contributed by atoms with Crippen molar-refractivity contribution < 1.29 is 4.79 Å². The molecule has 0 atom stereocenters. The normalized spacial score (nSPS) is 11.3. The van der Waals surface area contributed by atoms with Crippen molar-refractivity contribution in [1.29, 1.82) is 0 Å². The van der Waals surface area contributed by atoms with Gasteiger partial charge < -0.3 is 16.4 Å². The number of carbonyl (C=O) groups is 1. The van der Waals surface area contributed by atoms with E-state index in [1.807, 2.05) is 45.0 Å². The Hall–Kier alpha value is -2.37. The maximum Gasteiger partial charge on any atom is 0.239 e. The number of para-hydroxylation sites is 1. The van der Waals surface area contributed by atoms with Gasteiger partial charge in [-0.15, -0.1) is 0 Å². The van der Waals surface area contributed by atoms with Gasteiger partial charge in [-0.3, -0.25) is 4.79 Å². The van der Waals surface area contributed by atoms with Gasteiger partial charge in [0.25, 0.3) is 0 Å². The maximum absolute atomic E-state index is 11.8. The fraction of sp³-hybridized carbons (Fsp3) is 0.357. The third-order valence-electron chi connectivity index (χ3n) is 2.55. The number of hydrogen-bond acceptors (Lipinski definition) is 5. The first-order valence-corrected chi connectivity index (χ1v) is 6.42. The lowest BCUT2D eigenvalue weighted by atomic mass is 10.1. The minimum absolute atomic E-state index is 0.0984. The summed E-state index contributed by atoms with van der Waals surface area (Å²) in [5.74, 6) is 0.651. The van der Waals surface area contributed by atoms with Gasteiger partial charge in [-0.2, -0.15) is 4.98 Å². The third-order valence-corrected chi connectivity index (χ3v) is 2.55. The van der Waals surface area contributed by atoms with Crippen LogP contribution in [0.2, 0.25) is 0 Å². The highest BCUT2D eigenvalue weighted by Gasteiger charge is 2.14. The number of amides is 1. The molecule has 0 aliphatic heterocycles. The van der Waals surface area contributed by atoms with Gasteiger partial charge in [-0.25, -0.2) is 4.98 Å². The molecule has 4 N–H and O–H groups in total. The summed E-state index contributed by atoms with van der Waals surface area (Å²) in [6.45, 7) is 5.94. The van der Waals surface area contributed by atoms with Gasteiger partial charge in [0, 0.05) is 10.9 Å². The van der Waals surface area contributed by atoms with Gasteiger partial charge in [0.1, 0.15) is 5.82 Å². The largest absolute Gasteiger partial charge is 0.368 e. The molecule has 0 unspecified atom stereocenters. The third kappa shape index (κ3) is 3.57. The zero-order valence-corrected chi connectivity index (χ0v) is 11.9. The number of aromatic nitrogens is 2. The van der Waals surface area contributed by atoms with Crippen LogP contribution in [0.15, 0.2) is 24.3 Å². The predicted octanol–water partition coefficient (Wildman–Crippen LogP) is 1.54. The molecule has 1 aromatic heterocycles. The van der Waals surface area contributed by atoms with Gasteiger partial charge in [0.05, 0.1) is 12.1 Å². The molecule has 0 spiro atoms. The van der Waals surface area contributed by atoms with Gasteiger partial charge in [-0.05, 0) is 32.9 Å². The van der Waals surface area contributed by atoms with Crippen molar-refractivity contribution in [1.82, 2.24) is 15.3 Å². The molecule has 6 nitrogen and oxygen atoms in total. The number of nitrogens with zero attached hydrogens (tertiary/aromatic N) is 2. The molecule has 1 aromatic carbocycles. The monoisotopic (exact) mass is 273 g/mol. The Morgan fingerprint density at radius 2 is 1.95 bits per heavy atom. The van der Waals surface area contributed by atoms with Crippen LogP contribution < -0.4 is 16.4 Å². The quantitative estimate of drug-likeness (QED) is 0.788. The van der Waals surface area contributed by atoms with Crippen molar-refractivity contribution in [2.24, 2.45) is 0 Å². The van der Waals surface area contributed by atoms with Crippen molar-refractivity contribution in [3.8, 4) is 0 Å². The average molecular weight is 273 g/mol. The van der Waals surface area contributed by atoms with Crippen LogP contribution in [0.4, 0.5) is 11.8 Å². The van der Waals surface area contributed by atoms with E-state index in [1.165, 1.54) is 0 Å². The number of rotatable bonds is 3. The molecule has 1 heterocycles. The lowest BCUT2D eigenvalue weighted by molar-refractivity contribution is -0.120. The van der Waals surface area contributed by atoms with Crippen molar-refractivity contribution in [3.63, 3.8) is 0 Å². The van der Waals surface area contributed by atoms with Crippen molar-refractivity contribution >= 4 is 28.6 Å². The van der Waals surface area contributed by atoms with Crippen molar-refractivity contribution in [3.05, 3.63) is 24.3 Å². The van der Waals surface area contributed by atoms with E-state index < -0.39 is 0 Å². The predicted molar refractivity (Wildman–Crippen MR) is 80.3 cm³/mol. The Kier molecular flexibility index (Phi) is 3.74. The zero-order chi connectivity index (χ0) is 14.8. The van der Waals surface area contributed by atoms with Gasteiger partial charge in [0.15, 0.2) is 0 Å². The molecule has 0 radical (unpaired) electrons. The van der Waals surface area contributed by atoms with Crippen LogP contribution in [-0.4, -0.2) is 28.0 Å². The topological polar surface area (TPSA) is 92.9 Å². The molecular weight excluding hydrogens is 254 g/mol. The Bertz CT molecular complexity index is 633.